The Kier molecular flexibility index (Phi) is 4.10. The lowest BCUT2D eigenvalue weighted by molar-refractivity contribution is 0.119. The molecular weight excluding hydrogens is 288 g/mol. The Hall–Kier alpha value is -2.01. The van der Waals surface area contributed by atoms with Gasteiger partial charge in [-0.15, -0.1) is 0 Å². The molecule has 1 saturated carbocycles. The average molecular weight is 305 g/mol. The van der Waals surface area contributed by atoms with Crippen LogP contribution < -0.4 is 15.8 Å². The van der Waals surface area contributed by atoms with Gasteiger partial charge in [0.1, 0.15) is 16.7 Å². The standard InChI is InChI=1S/C15H17ClN4O/c16-13-8-14(20-15(17)19-13)18-9-10-4-1-2-7-12(10)21-11-5-3-6-11/h1-2,4,7-8,11H,3,5-6,9H2,(H3,17,18,19,20). The van der Waals surface area contributed by atoms with Crippen molar-refractivity contribution in [3.8, 4) is 5.75 Å². The van der Waals surface area contributed by atoms with Crippen LogP contribution in [-0.4, -0.2) is 16.1 Å². The number of anilines is 2. The molecule has 2 aromatic rings. The van der Waals surface area contributed by atoms with E-state index in [-0.39, 0.29) is 5.95 Å². The van der Waals surface area contributed by atoms with Crippen LogP contribution in [-0.2, 0) is 6.54 Å². The van der Waals surface area contributed by atoms with Crippen molar-refractivity contribution < 1.29 is 4.74 Å². The molecule has 3 rings (SSSR count). The van der Waals surface area contributed by atoms with Gasteiger partial charge in [0.2, 0.25) is 5.95 Å². The largest absolute Gasteiger partial charge is 0.490 e. The molecule has 1 aromatic heterocycles. The third-order valence-corrected chi connectivity index (χ3v) is 3.68. The zero-order valence-corrected chi connectivity index (χ0v) is 12.3. The Morgan fingerprint density at radius 2 is 2.10 bits per heavy atom. The minimum Gasteiger partial charge on any atom is -0.490 e. The molecule has 21 heavy (non-hydrogen) atoms. The number of nitrogen functional groups attached to an aromatic ring is 1. The zero-order valence-electron chi connectivity index (χ0n) is 11.6. The number of hydrogen-bond acceptors (Lipinski definition) is 5. The van der Waals surface area contributed by atoms with Gasteiger partial charge >= 0.3 is 0 Å². The lowest BCUT2D eigenvalue weighted by Crippen LogP contribution is -2.25. The number of rotatable bonds is 5. The number of hydrogen-bond donors (Lipinski definition) is 2. The molecule has 0 atom stereocenters. The van der Waals surface area contributed by atoms with Crippen molar-refractivity contribution in [2.24, 2.45) is 0 Å². The number of nitrogens with one attached hydrogen (secondary N) is 1. The highest BCUT2D eigenvalue weighted by Crippen LogP contribution is 2.28. The van der Waals surface area contributed by atoms with Gasteiger partial charge < -0.3 is 15.8 Å². The summed E-state index contributed by atoms with van der Waals surface area (Å²) in [5, 5.41) is 3.52. The van der Waals surface area contributed by atoms with E-state index in [0.717, 1.165) is 24.2 Å². The molecule has 0 aliphatic heterocycles. The third kappa shape index (κ3) is 3.55. The molecule has 0 radical (unpaired) electrons. The maximum absolute atomic E-state index is 5.99. The van der Waals surface area contributed by atoms with Gasteiger partial charge in [-0.1, -0.05) is 29.8 Å². The van der Waals surface area contributed by atoms with Crippen LogP contribution in [0.4, 0.5) is 11.8 Å². The Bertz CT molecular complexity index is 611. The number of benzene rings is 1. The third-order valence-electron chi connectivity index (χ3n) is 3.49. The molecule has 1 aliphatic carbocycles. The van der Waals surface area contributed by atoms with Gasteiger partial charge in [-0.3, -0.25) is 0 Å². The fourth-order valence-electron chi connectivity index (χ4n) is 2.14. The van der Waals surface area contributed by atoms with Gasteiger partial charge in [0.15, 0.2) is 0 Å². The van der Waals surface area contributed by atoms with Gasteiger partial charge in [0.05, 0.1) is 6.10 Å². The first-order valence-corrected chi connectivity index (χ1v) is 7.37. The highest BCUT2D eigenvalue weighted by Gasteiger charge is 2.20. The Morgan fingerprint density at radius 3 is 2.81 bits per heavy atom. The number of nitrogens with zero attached hydrogens (tertiary/aromatic N) is 2. The van der Waals surface area contributed by atoms with E-state index in [4.69, 9.17) is 22.1 Å². The van der Waals surface area contributed by atoms with Crippen LogP contribution in [0.3, 0.4) is 0 Å². The first-order chi connectivity index (χ1) is 10.2. The van der Waals surface area contributed by atoms with Crippen LogP contribution in [0.25, 0.3) is 0 Å². The zero-order chi connectivity index (χ0) is 14.7. The van der Waals surface area contributed by atoms with E-state index < -0.39 is 0 Å². The number of nitrogens with two attached hydrogens (primary N) is 1. The number of aromatic nitrogens is 2. The number of halogens is 1. The fourth-order valence-corrected chi connectivity index (χ4v) is 2.33. The summed E-state index contributed by atoms with van der Waals surface area (Å²) in [7, 11) is 0. The molecule has 0 spiro atoms. The van der Waals surface area contributed by atoms with Crippen molar-refractivity contribution >= 4 is 23.4 Å². The van der Waals surface area contributed by atoms with Crippen molar-refractivity contribution in [2.75, 3.05) is 11.1 Å². The molecule has 6 heteroatoms. The Balaban J connectivity index is 1.69. The molecule has 1 fully saturated rings. The maximum Gasteiger partial charge on any atom is 0.223 e. The highest BCUT2D eigenvalue weighted by molar-refractivity contribution is 6.29. The SMILES string of the molecule is Nc1nc(Cl)cc(NCc2ccccc2OC2CCC2)n1. The van der Waals surface area contributed by atoms with E-state index in [9.17, 15) is 0 Å². The van der Waals surface area contributed by atoms with Crippen LogP contribution >= 0.6 is 11.6 Å². The molecule has 0 unspecified atom stereocenters. The van der Waals surface area contributed by atoms with Gasteiger partial charge in [-0.05, 0) is 25.3 Å². The monoisotopic (exact) mass is 304 g/mol. The van der Waals surface area contributed by atoms with E-state index in [0.29, 0.717) is 23.6 Å². The van der Waals surface area contributed by atoms with E-state index in [1.165, 1.54) is 6.42 Å². The average Bonchev–Trinajstić information content (AvgIpc) is 2.40. The second kappa shape index (κ2) is 6.18. The topological polar surface area (TPSA) is 73.1 Å². The summed E-state index contributed by atoms with van der Waals surface area (Å²) in [6.45, 7) is 0.593. The van der Waals surface area contributed by atoms with Crippen LogP contribution in [0.1, 0.15) is 24.8 Å². The summed E-state index contributed by atoms with van der Waals surface area (Å²) < 4.78 is 5.99. The van der Waals surface area contributed by atoms with Crippen molar-refractivity contribution in [1.29, 1.82) is 0 Å². The van der Waals surface area contributed by atoms with E-state index in [1.54, 1.807) is 6.07 Å². The predicted molar refractivity (Wildman–Crippen MR) is 83.5 cm³/mol. The van der Waals surface area contributed by atoms with Crippen LogP contribution in [0.15, 0.2) is 30.3 Å². The molecular formula is C15H17ClN4O. The van der Waals surface area contributed by atoms with Gasteiger partial charge in [0, 0.05) is 18.2 Å². The van der Waals surface area contributed by atoms with Crippen LogP contribution in [0, 0.1) is 0 Å². The van der Waals surface area contributed by atoms with Crippen molar-refractivity contribution in [3.05, 3.63) is 41.0 Å². The molecule has 1 aliphatic rings. The number of para-hydroxylation sites is 1. The minimum atomic E-state index is 0.156. The highest BCUT2D eigenvalue weighted by atomic mass is 35.5. The quantitative estimate of drug-likeness (QED) is 0.830. The van der Waals surface area contributed by atoms with Crippen molar-refractivity contribution in [3.63, 3.8) is 0 Å². The molecule has 110 valence electrons. The van der Waals surface area contributed by atoms with E-state index >= 15 is 0 Å². The first kappa shape index (κ1) is 13.9. The summed E-state index contributed by atoms with van der Waals surface area (Å²) in [4.78, 5) is 7.93. The second-order valence-electron chi connectivity index (χ2n) is 5.07. The summed E-state index contributed by atoms with van der Waals surface area (Å²) in [5.41, 5.74) is 6.66. The van der Waals surface area contributed by atoms with Crippen LogP contribution in [0.5, 0.6) is 5.75 Å². The molecule has 5 nitrogen and oxygen atoms in total. The lowest BCUT2D eigenvalue weighted by atomic mass is 9.96. The molecule has 3 N–H and O–H groups in total. The fraction of sp³-hybridized carbons (Fsp3) is 0.333. The van der Waals surface area contributed by atoms with Crippen LogP contribution in [0.2, 0.25) is 5.15 Å². The lowest BCUT2D eigenvalue weighted by Gasteiger charge is -2.27. The van der Waals surface area contributed by atoms with Gasteiger partial charge in [-0.2, -0.15) is 4.98 Å². The van der Waals surface area contributed by atoms with E-state index in [1.807, 2.05) is 24.3 Å². The van der Waals surface area contributed by atoms with E-state index in [2.05, 4.69) is 15.3 Å². The molecule has 0 amide bonds. The smallest absolute Gasteiger partial charge is 0.223 e. The Morgan fingerprint density at radius 1 is 1.29 bits per heavy atom. The molecule has 1 heterocycles. The Labute approximate surface area is 128 Å². The second-order valence-corrected chi connectivity index (χ2v) is 5.45. The van der Waals surface area contributed by atoms with Crippen molar-refractivity contribution in [2.45, 2.75) is 31.9 Å². The first-order valence-electron chi connectivity index (χ1n) is 6.99. The van der Waals surface area contributed by atoms with Crippen molar-refractivity contribution in [1.82, 2.24) is 9.97 Å². The maximum atomic E-state index is 5.99. The summed E-state index contributed by atoms with van der Waals surface area (Å²) in [6.07, 6.45) is 3.89. The number of ether oxygens (including phenoxy) is 1. The summed E-state index contributed by atoms with van der Waals surface area (Å²) >= 11 is 5.86. The summed E-state index contributed by atoms with van der Waals surface area (Å²) in [6, 6.07) is 9.65. The molecule has 1 aromatic carbocycles. The predicted octanol–water partition coefficient (Wildman–Crippen LogP) is 3.26. The molecule has 0 bridgehead atoms. The normalized spacial score (nSPS) is 14.5. The van der Waals surface area contributed by atoms with Gasteiger partial charge in [0.25, 0.3) is 0 Å². The minimum absolute atomic E-state index is 0.156. The summed E-state index contributed by atoms with van der Waals surface area (Å²) in [5.74, 6) is 1.68. The van der Waals surface area contributed by atoms with Gasteiger partial charge in [-0.25, -0.2) is 4.98 Å². The molecule has 0 saturated heterocycles.